The van der Waals surface area contributed by atoms with E-state index in [2.05, 4.69) is 9.72 Å². The molecule has 1 rings (SSSR count). The van der Waals surface area contributed by atoms with Crippen molar-refractivity contribution in [1.82, 2.24) is 4.98 Å². The summed E-state index contributed by atoms with van der Waals surface area (Å²) in [6.45, 7) is 0. The third kappa shape index (κ3) is 3.61. The Morgan fingerprint density at radius 2 is 2.00 bits per heavy atom. The molecule has 11 heteroatoms. The fourth-order valence-corrected chi connectivity index (χ4v) is 1.74. The average molecular weight is 384 g/mol. The maximum Gasteiger partial charge on any atom is 0.573 e. The van der Waals surface area contributed by atoms with Gasteiger partial charge in [-0.25, -0.2) is 8.78 Å². The topological polar surface area (TPSA) is 65.3 Å². The van der Waals surface area contributed by atoms with Crippen LogP contribution in [-0.4, -0.2) is 16.3 Å². The second-order valence-electron chi connectivity index (χ2n) is 2.79. The predicted octanol–water partition coefficient (Wildman–Crippen LogP) is 3.43. The van der Waals surface area contributed by atoms with Gasteiger partial charge < -0.3 is 14.9 Å². The van der Waals surface area contributed by atoms with Gasteiger partial charge >= 0.3 is 12.2 Å². The number of pyridine rings is 1. The van der Waals surface area contributed by atoms with Crippen LogP contribution < -0.4 is 4.74 Å². The Kier molecular flexibility index (Phi) is 4.24. The second-order valence-corrected chi connectivity index (χ2v) is 3.81. The molecule has 0 unspecified atom stereocenters. The van der Waals surface area contributed by atoms with Gasteiger partial charge in [0.15, 0.2) is 5.75 Å². The first-order valence-electron chi connectivity index (χ1n) is 4.00. The minimum Gasteiger partial charge on any atom is -0.405 e. The monoisotopic (exact) mass is 384 g/mol. The molecule has 0 aliphatic carbocycles. The third-order valence-corrected chi connectivity index (χ3v) is 2.41. The number of aromatic nitrogens is 1. The summed E-state index contributed by atoms with van der Waals surface area (Å²) in [6.07, 6.45) is -8.54. The van der Waals surface area contributed by atoms with Crippen molar-refractivity contribution in [2.75, 3.05) is 0 Å². The number of nitrogens with zero attached hydrogens (tertiary/aromatic N) is 2. The minimum absolute atomic E-state index is 0.206. The number of halogens is 6. The molecular formula is C7H2F5IN2O3. The summed E-state index contributed by atoms with van der Waals surface area (Å²) in [4.78, 5) is 12.4. The third-order valence-electron chi connectivity index (χ3n) is 1.59. The van der Waals surface area contributed by atoms with Crippen LogP contribution in [0.4, 0.5) is 27.8 Å². The zero-order chi connectivity index (χ0) is 14.1. The average Bonchev–Trinajstić information content (AvgIpc) is 2.12. The first-order valence-corrected chi connectivity index (χ1v) is 5.08. The number of hydrogen-bond acceptors (Lipinski definition) is 4. The molecule has 0 radical (unpaired) electrons. The molecule has 1 aromatic heterocycles. The van der Waals surface area contributed by atoms with Gasteiger partial charge in [0.2, 0.25) is 3.70 Å². The first-order chi connectivity index (χ1) is 8.11. The lowest BCUT2D eigenvalue weighted by Gasteiger charge is -2.12. The zero-order valence-electron chi connectivity index (χ0n) is 8.04. The maximum absolute atomic E-state index is 12.5. The maximum atomic E-state index is 12.5. The summed E-state index contributed by atoms with van der Waals surface area (Å²) in [7, 11) is 0. The molecule has 0 bridgehead atoms. The Bertz CT molecular complexity index is 479. The van der Waals surface area contributed by atoms with Crippen LogP contribution in [0.2, 0.25) is 0 Å². The van der Waals surface area contributed by atoms with E-state index in [4.69, 9.17) is 0 Å². The van der Waals surface area contributed by atoms with Gasteiger partial charge in [0, 0.05) is 22.6 Å². The van der Waals surface area contributed by atoms with Crippen molar-refractivity contribution >= 4 is 28.4 Å². The van der Waals surface area contributed by atoms with E-state index >= 15 is 0 Å². The minimum atomic E-state index is -5.23. The van der Waals surface area contributed by atoms with E-state index in [1.54, 1.807) is 0 Å². The number of ether oxygens (including phenoxy) is 1. The van der Waals surface area contributed by atoms with Gasteiger partial charge in [0.25, 0.3) is 6.43 Å². The number of rotatable bonds is 3. The lowest BCUT2D eigenvalue weighted by atomic mass is 10.2. The predicted molar refractivity (Wildman–Crippen MR) is 55.2 cm³/mol. The second kappa shape index (κ2) is 5.16. The fraction of sp³-hybridized carbons (Fsp3) is 0.286. The molecule has 0 N–H and O–H groups in total. The Balaban J connectivity index is 3.38. The van der Waals surface area contributed by atoms with Crippen molar-refractivity contribution in [3.8, 4) is 5.75 Å². The van der Waals surface area contributed by atoms with Crippen molar-refractivity contribution in [2.45, 2.75) is 12.8 Å². The van der Waals surface area contributed by atoms with Gasteiger partial charge in [-0.05, 0) is 9.91 Å². The Morgan fingerprint density at radius 3 is 2.39 bits per heavy atom. The van der Waals surface area contributed by atoms with E-state index in [0.29, 0.717) is 0 Å². The van der Waals surface area contributed by atoms with Crippen molar-refractivity contribution in [3.63, 3.8) is 0 Å². The first kappa shape index (κ1) is 14.8. The molecule has 0 aliphatic rings. The number of alkyl halides is 5. The molecule has 1 heterocycles. The highest BCUT2D eigenvalue weighted by atomic mass is 127. The van der Waals surface area contributed by atoms with Gasteiger partial charge in [-0.1, -0.05) is 0 Å². The van der Waals surface area contributed by atoms with Gasteiger partial charge in [-0.3, -0.25) is 0 Å². The number of hydrogen-bond donors (Lipinski definition) is 0. The molecule has 0 saturated heterocycles. The summed E-state index contributed by atoms with van der Waals surface area (Å²) in [5, 5.41) is 10.4. The van der Waals surface area contributed by atoms with E-state index in [-0.39, 0.29) is 6.07 Å². The molecule has 0 amide bonds. The molecule has 0 saturated carbocycles. The van der Waals surface area contributed by atoms with Crippen LogP contribution in [0.5, 0.6) is 5.75 Å². The van der Waals surface area contributed by atoms with Gasteiger partial charge in [-0.2, -0.15) is 0 Å². The summed E-state index contributed by atoms with van der Waals surface area (Å²) < 4.78 is 63.7. The largest absolute Gasteiger partial charge is 0.573 e. The van der Waals surface area contributed by atoms with Crippen LogP contribution in [0.15, 0.2) is 6.07 Å². The Labute approximate surface area is 109 Å². The lowest BCUT2D eigenvalue weighted by Crippen LogP contribution is -2.19. The van der Waals surface area contributed by atoms with Crippen molar-refractivity contribution in [3.05, 3.63) is 25.4 Å². The normalized spacial score (nSPS) is 11.7. The quantitative estimate of drug-likeness (QED) is 0.263. The summed E-state index contributed by atoms with van der Waals surface area (Å²) in [5.74, 6) is -2.34. The molecule has 100 valence electrons. The molecular weight excluding hydrogens is 382 g/mol. The van der Waals surface area contributed by atoms with Crippen LogP contribution in [0.1, 0.15) is 12.0 Å². The smallest absolute Gasteiger partial charge is 0.405 e. The van der Waals surface area contributed by atoms with E-state index in [1.807, 2.05) is 0 Å². The van der Waals surface area contributed by atoms with E-state index in [0.717, 1.165) is 0 Å². The van der Waals surface area contributed by atoms with Crippen molar-refractivity contribution < 1.29 is 31.6 Å². The molecule has 5 nitrogen and oxygen atoms in total. The highest BCUT2D eigenvalue weighted by Crippen LogP contribution is 2.37. The van der Waals surface area contributed by atoms with Gasteiger partial charge in [0.05, 0.1) is 6.07 Å². The van der Waals surface area contributed by atoms with Crippen molar-refractivity contribution in [2.24, 2.45) is 0 Å². The number of nitro groups is 1. The summed E-state index contributed by atoms with van der Waals surface area (Å²) in [6, 6.07) is 0.206. The molecule has 0 aliphatic heterocycles. The van der Waals surface area contributed by atoms with Crippen LogP contribution in [0, 0.1) is 13.8 Å². The van der Waals surface area contributed by atoms with Gasteiger partial charge in [0.1, 0.15) is 5.56 Å². The SMILES string of the molecule is O=[N+]([O-])c1cc(OC(F)(F)F)c(C(F)F)c(I)n1. The molecule has 1 aromatic rings. The standard InChI is InChI=1S/C7H2F5IN2O3/c8-5(9)4-2(18-7(10,11)12)1-3(15(16)17)14-6(4)13/h1,5H. The summed E-state index contributed by atoms with van der Waals surface area (Å²) in [5.41, 5.74) is -1.14. The van der Waals surface area contributed by atoms with Crippen LogP contribution in [-0.2, 0) is 0 Å². The fourth-order valence-electron chi connectivity index (χ4n) is 0.990. The van der Waals surface area contributed by atoms with Crippen molar-refractivity contribution in [1.29, 1.82) is 0 Å². The van der Waals surface area contributed by atoms with E-state index in [1.165, 1.54) is 22.6 Å². The zero-order valence-corrected chi connectivity index (χ0v) is 10.2. The van der Waals surface area contributed by atoms with E-state index in [9.17, 15) is 32.1 Å². The van der Waals surface area contributed by atoms with E-state index < -0.39 is 38.5 Å². The Hall–Kier alpha value is -1.27. The molecule has 0 fully saturated rings. The molecule has 0 aromatic carbocycles. The molecule has 0 spiro atoms. The van der Waals surface area contributed by atoms with Crippen LogP contribution >= 0.6 is 22.6 Å². The highest BCUT2D eigenvalue weighted by Gasteiger charge is 2.36. The highest BCUT2D eigenvalue weighted by molar-refractivity contribution is 14.1. The van der Waals surface area contributed by atoms with Crippen LogP contribution in [0.3, 0.4) is 0 Å². The molecule has 18 heavy (non-hydrogen) atoms. The molecule has 0 atom stereocenters. The Morgan fingerprint density at radius 1 is 1.44 bits per heavy atom. The lowest BCUT2D eigenvalue weighted by molar-refractivity contribution is -0.389. The van der Waals surface area contributed by atoms with Gasteiger partial charge in [-0.15, -0.1) is 13.2 Å². The summed E-state index contributed by atoms with van der Waals surface area (Å²) >= 11 is 1.17. The van der Waals surface area contributed by atoms with Crippen LogP contribution in [0.25, 0.3) is 0 Å².